The number of carbonyl (C=O) groups is 2. The number of carbonyl (C=O) groups excluding carboxylic acids is 1. The smallest absolute Gasteiger partial charge is 0.326 e. The first-order valence-electron chi connectivity index (χ1n) is 6.08. The lowest BCUT2D eigenvalue weighted by Crippen LogP contribution is -2.44. The molecule has 0 aliphatic carbocycles. The zero-order valence-electron chi connectivity index (χ0n) is 11.3. The van der Waals surface area contributed by atoms with E-state index in [1.165, 1.54) is 0 Å². The number of hydrogen-bond acceptors (Lipinski definition) is 3. The van der Waals surface area contributed by atoms with Crippen molar-refractivity contribution in [3.05, 3.63) is 35.4 Å². The number of benzene rings is 1. The quantitative estimate of drug-likeness (QED) is 0.820. The van der Waals surface area contributed by atoms with Gasteiger partial charge in [0.1, 0.15) is 6.04 Å². The highest BCUT2D eigenvalue weighted by molar-refractivity contribution is 5.97. The molecule has 0 aliphatic rings. The zero-order chi connectivity index (χ0) is 14.4. The summed E-state index contributed by atoms with van der Waals surface area (Å²) in [7, 11) is 1.54. The third-order valence-electron chi connectivity index (χ3n) is 2.78. The van der Waals surface area contributed by atoms with Crippen LogP contribution in [0.15, 0.2) is 24.3 Å². The number of methoxy groups -OCH3 is 1. The highest BCUT2D eigenvalue weighted by Crippen LogP contribution is 2.11. The minimum absolute atomic E-state index is 0.184. The average Bonchev–Trinajstić information content (AvgIpc) is 2.36. The molecule has 0 unspecified atom stereocenters. The van der Waals surface area contributed by atoms with Gasteiger partial charge in [0.05, 0.1) is 6.61 Å². The van der Waals surface area contributed by atoms with Crippen LogP contribution in [-0.4, -0.2) is 30.1 Å². The van der Waals surface area contributed by atoms with Crippen LogP contribution in [0.25, 0.3) is 0 Å². The predicted molar refractivity (Wildman–Crippen MR) is 70.9 cm³/mol. The fraction of sp³-hybridized carbons (Fsp3) is 0.429. The summed E-state index contributed by atoms with van der Waals surface area (Å²) in [5, 5.41) is 11.6. The molecule has 0 saturated carbocycles. The van der Waals surface area contributed by atoms with Crippen molar-refractivity contribution in [3.8, 4) is 0 Å². The van der Waals surface area contributed by atoms with Gasteiger partial charge in [0.25, 0.3) is 5.91 Å². The van der Waals surface area contributed by atoms with Gasteiger partial charge in [-0.2, -0.15) is 0 Å². The Morgan fingerprint density at radius 3 is 2.47 bits per heavy atom. The van der Waals surface area contributed by atoms with Crippen LogP contribution in [0, 0.1) is 5.92 Å². The van der Waals surface area contributed by atoms with Crippen molar-refractivity contribution in [1.29, 1.82) is 0 Å². The summed E-state index contributed by atoms with van der Waals surface area (Å²) in [6.07, 6.45) is 0. The number of amides is 1. The van der Waals surface area contributed by atoms with Gasteiger partial charge in [-0.15, -0.1) is 0 Å². The summed E-state index contributed by atoms with van der Waals surface area (Å²) < 4.78 is 5.02. The first-order valence-corrected chi connectivity index (χ1v) is 6.08. The van der Waals surface area contributed by atoms with Gasteiger partial charge in [0, 0.05) is 12.7 Å². The first kappa shape index (κ1) is 15.2. The van der Waals surface area contributed by atoms with E-state index in [0.29, 0.717) is 12.2 Å². The Kier molecular flexibility index (Phi) is 5.51. The Morgan fingerprint density at radius 2 is 1.95 bits per heavy atom. The zero-order valence-corrected chi connectivity index (χ0v) is 11.3. The van der Waals surface area contributed by atoms with E-state index in [4.69, 9.17) is 9.84 Å². The van der Waals surface area contributed by atoms with Crippen LogP contribution in [0.5, 0.6) is 0 Å². The highest BCUT2D eigenvalue weighted by Gasteiger charge is 2.24. The lowest BCUT2D eigenvalue weighted by molar-refractivity contribution is -0.140. The maximum atomic E-state index is 12.1. The molecule has 5 nitrogen and oxygen atoms in total. The summed E-state index contributed by atoms with van der Waals surface area (Å²) in [5.74, 6) is -1.61. The molecule has 19 heavy (non-hydrogen) atoms. The van der Waals surface area contributed by atoms with Crippen LogP contribution in [0.4, 0.5) is 0 Å². The van der Waals surface area contributed by atoms with Crippen LogP contribution >= 0.6 is 0 Å². The minimum Gasteiger partial charge on any atom is -0.480 e. The topological polar surface area (TPSA) is 75.6 Å². The molecule has 5 heteroatoms. The maximum Gasteiger partial charge on any atom is 0.326 e. The molecule has 0 saturated heterocycles. The van der Waals surface area contributed by atoms with Crippen molar-refractivity contribution in [2.75, 3.05) is 7.11 Å². The Balaban J connectivity index is 2.91. The average molecular weight is 265 g/mol. The van der Waals surface area contributed by atoms with E-state index >= 15 is 0 Å². The summed E-state index contributed by atoms with van der Waals surface area (Å²) >= 11 is 0. The molecule has 0 aromatic heterocycles. The molecule has 0 bridgehead atoms. The maximum absolute atomic E-state index is 12.1. The molecule has 1 rings (SSSR count). The van der Waals surface area contributed by atoms with Crippen molar-refractivity contribution >= 4 is 11.9 Å². The molecule has 1 aromatic rings. The molecule has 2 N–H and O–H groups in total. The molecule has 1 aromatic carbocycles. The molecular formula is C14H19NO4. The molecule has 104 valence electrons. The van der Waals surface area contributed by atoms with E-state index in [9.17, 15) is 9.59 Å². The largest absolute Gasteiger partial charge is 0.480 e. The molecule has 0 spiro atoms. The Morgan fingerprint density at radius 1 is 1.32 bits per heavy atom. The fourth-order valence-corrected chi connectivity index (χ4v) is 1.76. The monoisotopic (exact) mass is 265 g/mol. The van der Waals surface area contributed by atoms with Gasteiger partial charge in [0.2, 0.25) is 0 Å². The molecule has 1 amide bonds. The van der Waals surface area contributed by atoms with Crippen molar-refractivity contribution in [1.82, 2.24) is 5.32 Å². The number of ether oxygens (including phenoxy) is 1. The Labute approximate surface area is 112 Å². The third kappa shape index (κ3) is 4.06. The van der Waals surface area contributed by atoms with Crippen molar-refractivity contribution in [2.24, 2.45) is 5.92 Å². The van der Waals surface area contributed by atoms with Crippen molar-refractivity contribution in [3.63, 3.8) is 0 Å². The number of nitrogens with one attached hydrogen (secondary N) is 1. The van der Waals surface area contributed by atoms with Crippen molar-refractivity contribution < 1.29 is 19.4 Å². The summed E-state index contributed by atoms with van der Waals surface area (Å²) in [5.41, 5.74) is 1.17. The van der Waals surface area contributed by atoms with Gasteiger partial charge in [-0.3, -0.25) is 4.79 Å². The Hall–Kier alpha value is -1.88. The summed E-state index contributed by atoms with van der Waals surface area (Å²) in [6.45, 7) is 3.81. The van der Waals surface area contributed by atoms with E-state index in [1.807, 2.05) is 6.07 Å². The molecule has 0 radical (unpaired) electrons. The van der Waals surface area contributed by atoms with Gasteiger partial charge in [0.15, 0.2) is 0 Å². The lowest BCUT2D eigenvalue weighted by Gasteiger charge is -2.18. The first-order chi connectivity index (χ1) is 8.97. The fourth-order valence-electron chi connectivity index (χ4n) is 1.76. The van der Waals surface area contributed by atoms with Crippen LogP contribution < -0.4 is 5.32 Å². The molecule has 0 aliphatic heterocycles. The predicted octanol–water partition coefficient (Wildman–Crippen LogP) is 1.67. The van der Waals surface area contributed by atoms with Crippen LogP contribution in [0.3, 0.4) is 0 Å². The van der Waals surface area contributed by atoms with E-state index in [-0.39, 0.29) is 5.92 Å². The van der Waals surface area contributed by atoms with Crippen molar-refractivity contribution in [2.45, 2.75) is 26.5 Å². The second kappa shape index (κ2) is 6.89. The lowest BCUT2D eigenvalue weighted by atomic mass is 10.0. The molecule has 0 fully saturated rings. The van der Waals surface area contributed by atoms with Crippen LogP contribution in [0.2, 0.25) is 0 Å². The van der Waals surface area contributed by atoms with Crippen LogP contribution in [0.1, 0.15) is 29.8 Å². The number of hydrogen-bond donors (Lipinski definition) is 2. The SMILES string of the molecule is COCc1ccccc1C(=O)N[C@H](C(=O)O)C(C)C. The van der Waals surface area contributed by atoms with E-state index in [2.05, 4.69) is 5.32 Å². The second-order valence-corrected chi connectivity index (χ2v) is 4.62. The van der Waals surface area contributed by atoms with Gasteiger partial charge < -0.3 is 15.2 Å². The van der Waals surface area contributed by atoms with Gasteiger partial charge in [-0.1, -0.05) is 32.0 Å². The van der Waals surface area contributed by atoms with E-state index in [0.717, 1.165) is 5.56 Å². The van der Waals surface area contributed by atoms with Gasteiger partial charge in [-0.05, 0) is 17.5 Å². The van der Waals surface area contributed by atoms with Gasteiger partial charge >= 0.3 is 5.97 Å². The van der Waals surface area contributed by atoms with Crippen LogP contribution in [-0.2, 0) is 16.1 Å². The highest BCUT2D eigenvalue weighted by atomic mass is 16.5. The summed E-state index contributed by atoms with van der Waals surface area (Å²) in [6, 6.07) is 6.08. The van der Waals surface area contributed by atoms with E-state index < -0.39 is 17.9 Å². The number of carboxylic acids is 1. The Bertz CT molecular complexity index is 457. The normalized spacial score (nSPS) is 12.2. The second-order valence-electron chi connectivity index (χ2n) is 4.62. The minimum atomic E-state index is -1.03. The van der Waals surface area contributed by atoms with Gasteiger partial charge in [-0.25, -0.2) is 4.79 Å². The molecule has 1 atom stereocenters. The third-order valence-corrected chi connectivity index (χ3v) is 2.78. The van der Waals surface area contributed by atoms with E-state index in [1.54, 1.807) is 39.2 Å². The molecule has 0 heterocycles. The number of rotatable bonds is 6. The molecular weight excluding hydrogens is 246 g/mol. The summed E-state index contributed by atoms with van der Waals surface area (Å²) in [4.78, 5) is 23.2. The number of carboxylic acid groups (broad SMARTS) is 1. The standard InChI is InChI=1S/C14H19NO4/c1-9(2)12(14(17)18)15-13(16)11-7-5-4-6-10(11)8-19-3/h4-7,9,12H,8H2,1-3H3,(H,15,16)(H,17,18)/t12-/m0/s1. The number of aliphatic carboxylic acids is 1.